The lowest BCUT2D eigenvalue weighted by atomic mass is 10.1. The number of methoxy groups -OCH3 is 1. The minimum Gasteiger partial charge on any atom is -0.495 e. The van der Waals surface area contributed by atoms with E-state index in [2.05, 4.69) is 32.7 Å². The van der Waals surface area contributed by atoms with Gasteiger partial charge in [0.2, 0.25) is 0 Å². The molecule has 0 spiro atoms. The molecule has 0 aliphatic heterocycles. The van der Waals surface area contributed by atoms with Gasteiger partial charge in [-0.1, -0.05) is 22.9 Å². The van der Waals surface area contributed by atoms with Crippen molar-refractivity contribution < 1.29 is 9.53 Å². The molecule has 5 nitrogen and oxygen atoms in total. The van der Waals surface area contributed by atoms with Crippen LogP contribution in [0, 0.1) is 25.2 Å². The summed E-state index contributed by atoms with van der Waals surface area (Å²) in [4.78, 5) is 12.6. The van der Waals surface area contributed by atoms with E-state index in [-0.39, 0.29) is 5.57 Å². The number of carbonyl (C=O) groups is 1. The average Bonchev–Trinajstić information content (AvgIpc) is 2.87. The Hall–Kier alpha value is -2.52. The number of rotatable bonds is 6. The summed E-state index contributed by atoms with van der Waals surface area (Å²) in [7, 11) is 1.53. The van der Waals surface area contributed by atoms with Gasteiger partial charge >= 0.3 is 0 Å². The molecule has 26 heavy (non-hydrogen) atoms. The van der Waals surface area contributed by atoms with Gasteiger partial charge in [0.15, 0.2) is 0 Å². The van der Waals surface area contributed by atoms with E-state index in [4.69, 9.17) is 4.74 Å². The maximum atomic E-state index is 12.6. The number of amides is 1. The standard InChI is InChI=1S/C20H22BrN3O2/c1-5-8-24-13(2)9-15(14(24)3)10-16(12-22)20(25)23-18-11-17(21)6-7-19(18)26-4/h6-7,9-11H,5,8H2,1-4H3,(H,23,25). The number of nitriles is 1. The van der Waals surface area contributed by atoms with E-state index >= 15 is 0 Å². The van der Waals surface area contributed by atoms with Gasteiger partial charge in [-0.05, 0) is 56.2 Å². The van der Waals surface area contributed by atoms with E-state index in [1.807, 2.05) is 32.0 Å². The van der Waals surface area contributed by atoms with Crippen molar-refractivity contribution in [3.8, 4) is 11.8 Å². The normalized spacial score (nSPS) is 11.2. The molecular formula is C20H22BrN3O2. The number of ether oxygens (including phenoxy) is 1. The number of aryl methyl sites for hydroxylation is 1. The third-order valence-corrected chi connectivity index (χ3v) is 4.63. The Morgan fingerprint density at radius 3 is 2.73 bits per heavy atom. The molecule has 1 heterocycles. The Morgan fingerprint density at radius 1 is 1.38 bits per heavy atom. The predicted molar refractivity (Wildman–Crippen MR) is 107 cm³/mol. The van der Waals surface area contributed by atoms with E-state index in [9.17, 15) is 10.1 Å². The van der Waals surface area contributed by atoms with Gasteiger partial charge in [0, 0.05) is 22.4 Å². The summed E-state index contributed by atoms with van der Waals surface area (Å²) in [5.41, 5.74) is 3.59. The maximum absolute atomic E-state index is 12.6. The van der Waals surface area contributed by atoms with Crippen LogP contribution in [0.2, 0.25) is 0 Å². The molecule has 0 saturated carbocycles. The number of hydrogen-bond acceptors (Lipinski definition) is 3. The van der Waals surface area contributed by atoms with Crippen LogP contribution in [0.4, 0.5) is 5.69 Å². The number of nitrogens with zero attached hydrogens (tertiary/aromatic N) is 2. The van der Waals surface area contributed by atoms with Crippen LogP contribution in [0.3, 0.4) is 0 Å². The first-order valence-electron chi connectivity index (χ1n) is 8.34. The number of carbonyl (C=O) groups excluding carboxylic acids is 1. The smallest absolute Gasteiger partial charge is 0.266 e. The maximum Gasteiger partial charge on any atom is 0.266 e. The second-order valence-electron chi connectivity index (χ2n) is 5.95. The highest BCUT2D eigenvalue weighted by Gasteiger charge is 2.15. The monoisotopic (exact) mass is 415 g/mol. The first-order chi connectivity index (χ1) is 12.4. The lowest BCUT2D eigenvalue weighted by Crippen LogP contribution is -2.14. The molecule has 1 amide bonds. The first kappa shape index (κ1) is 19.8. The van der Waals surface area contributed by atoms with Crippen LogP contribution in [0.15, 0.2) is 34.3 Å². The third kappa shape index (κ3) is 4.36. The molecule has 0 saturated heterocycles. The van der Waals surface area contributed by atoms with Gasteiger partial charge in [-0.25, -0.2) is 0 Å². The van der Waals surface area contributed by atoms with Crippen molar-refractivity contribution in [1.29, 1.82) is 5.26 Å². The largest absolute Gasteiger partial charge is 0.495 e. The van der Waals surface area contributed by atoms with Gasteiger partial charge in [-0.15, -0.1) is 0 Å². The molecule has 136 valence electrons. The van der Waals surface area contributed by atoms with Gasteiger partial charge < -0.3 is 14.6 Å². The van der Waals surface area contributed by atoms with Gasteiger partial charge in [-0.3, -0.25) is 4.79 Å². The molecule has 2 rings (SSSR count). The molecule has 0 bridgehead atoms. The summed E-state index contributed by atoms with van der Waals surface area (Å²) in [5, 5.41) is 12.2. The van der Waals surface area contributed by atoms with Crippen LogP contribution in [-0.4, -0.2) is 17.6 Å². The van der Waals surface area contributed by atoms with Crippen LogP contribution < -0.4 is 10.1 Å². The van der Waals surface area contributed by atoms with Crippen molar-refractivity contribution in [2.45, 2.75) is 33.7 Å². The molecule has 2 aromatic rings. The molecule has 1 aromatic heterocycles. The van der Waals surface area contributed by atoms with E-state index < -0.39 is 5.91 Å². The van der Waals surface area contributed by atoms with Gasteiger partial charge in [-0.2, -0.15) is 5.26 Å². The third-order valence-electron chi connectivity index (χ3n) is 4.13. The molecule has 0 aliphatic carbocycles. The van der Waals surface area contributed by atoms with Crippen LogP contribution >= 0.6 is 15.9 Å². The van der Waals surface area contributed by atoms with Crippen LogP contribution in [0.25, 0.3) is 6.08 Å². The van der Waals surface area contributed by atoms with E-state index in [1.165, 1.54) is 7.11 Å². The highest BCUT2D eigenvalue weighted by Crippen LogP contribution is 2.28. The van der Waals surface area contributed by atoms with E-state index in [1.54, 1.807) is 18.2 Å². The first-order valence-corrected chi connectivity index (χ1v) is 9.14. The van der Waals surface area contributed by atoms with Gasteiger partial charge in [0.25, 0.3) is 5.91 Å². The van der Waals surface area contributed by atoms with Crippen molar-refractivity contribution >= 4 is 33.6 Å². The lowest BCUT2D eigenvalue weighted by Gasteiger charge is -2.10. The molecule has 0 fully saturated rings. The van der Waals surface area contributed by atoms with Gasteiger partial charge in [0.05, 0.1) is 12.8 Å². The van der Waals surface area contributed by atoms with Crippen LogP contribution in [-0.2, 0) is 11.3 Å². The second kappa shape index (κ2) is 8.72. The van der Waals surface area contributed by atoms with Gasteiger partial charge in [0.1, 0.15) is 17.4 Å². The Kier molecular flexibility index (Phi) is 6.64. The number of hydrogen-bond donors (Lipinski definition) is 1. The Bertz CT molecular complexity index is 891. The van der Waals surface area contributed by atoms with Crippen molar-refractivity contribution in [3.05, 3.63) is 51.3 Å². The van der Waals surface area contributed by atoms with Crippen molar-refractivity contribution in [2.24, 2.45) is 0 Å². The number of halogens is 1. The lowest BCUT2D eigenvalue weighted by molar-refractivity contribution is -0.112. The zero-order valence-electron chi connectivity index (χ0n) is 15.4. The summed E-state index contributed by atoms with van der Waals surface area (Å²) < 4.78 is 8.25. The summed E-state index contributed by atoms with van der Waals surface area (Å²) in [6.45, 7) is 7.06. The van der Waals surface area contributed by atoms with Crippen LogP contribution in [0.5, 0.6) is 5.75 Å². The topological polar surface area (TPSA) is 67.0 Å². The molecule has 1 N–H and O–H groups in total. The molecule has 6 heteroatoms. The number of anilines is 1. The molecule has 0 aliphatic rings. The highest BCUT2D eigenvalue weighted by molar-refractivity contribution is 9.10. The molecule has 0 atom stereocenters. The average molecular weight is 416 g/mol. The fourth-order valence-corrected chi connectivity index (χ4v) is 3.17. The summed E-state index contributed by atoms with van der Waals surface area (Å²) >= 11 is 3.37. The SMILES string of the molecule is CCCn1c(C)cc(C=C(C#N)C(=O)Nc2cc(Br)ccc2OC)c1C. The summed E-state index contributed by atoms with van der Waals surface area (Å²) in [5.74, 6) is 0.0594. The minimum absolute atomic E-state index is 0.0452. The molecule has 0 unspecified atom stereocenters. The summed E-state index contributed by atoms with van der Waals surface area (Å²) in [6.07, 6.45) is 2.65. The minimum atomic E-state index is -0.468. The van der Waals surface area contributed by atoms with Crippen molar-refractivity contribution in [1.82, 2.24) is 4.57 Å². The number of benzene rings is 1. The molecule has 1 aromatic carbocycles. The highest BCUT2D eigenvalue weighted by atomic mass is 79.9. The zero-order valence-corrected chi connectivity index (χ0v) is 17.0. The second-order valence-corrected chi connectivity index (χ2v) is 6.86. The fourth-order valence-electron chi connectivity index (χ4n) is 2.81. The zero-order chi connectivity index (χ0) is 19.3. The Balaban J connectivity index is 2.33. The van der Waals surface area contributed by atoms with Crippen LogP contribution in [0.1, 0.15) is 30.3 Å². The molecular weight excluding hydrogens is 394 g/mol. The summed E-state index contributed by atoms with van der Waals surface area (Å²) in [6, 6.07) is 9.29. The van der Waals surface area contributed by atoms with E-state index in [0.29, 0.717) is 11.4 Å². The number of aromatic nitrogens is 1. The number of nitrogens with one attached hydrogen (secondary N) is 1. The Labute approximate surface area is 162 Å². The quantitative estimate of drug-likeness (QED) is 0.542. The van der Waals surface area contributed by atoms with E-state index in [0.717, 1.165) is 34.4 Å². The van der Waals surface area contributed by atoms with Crippen molar-refractivity contribution in [2.75, 3.05) is 12.4 Å². The fraction of sp³-hybridized carbons (Fsp3) is 0.300. The van der Waals surface area contributed by atoms with Crippen molar-refractivity contribution in [3.63, 3.8) is 0 Å². The molecule has 0 radical (unpaired) electrons. The predicted octanol–water partition coefficient (Wildman–Crippen LogP) is 4.83. The Morgan fingerprint density at radius 2 is 2.12 bits per heavy atom.